The maximum absolute atomic E-state index is 14.4. The molecule has 0 radical (unpaired) electrons. The first-order chi connectivity index (χ1) is 13.7. The van der Waals surface area contributed by atoms with Gasteiger partial charge in [0.05, 0.1) is 25.5 Å². The van der Waals surface area contributed by atoms with Crippen LogP contribution in [-0.2, 0) is 9.47 Å². The van der Waals surface area contributed by atoms with Crippen LogP contribution in [-0.4, -0.2) is 41.7 Å². The van der Waals surface area contributed by atoms with Crippen molar-refractivity contribution >= 4 is 5.97 Å². The zero-order valence-corrected chi connectivity index (χ0v) is 15.3. The maximum Gasteiger partial charge on any atom is 0.358 e. The van der Waals surface area contributed by atoms with Crippen LogP contribution in [0.15, 0.2) is 54.6 Å². The molecule has 0 saturated carbocycles. The molecule has 0 atom stereocenters. The predicted octanol–water partition coefficient (Wildman–Crippen LogP) is 3.63. The van der Waals surface area contributed by atoms with Crippen LogP contribution in [0.1, 0.15) is 17.4 Å². The van der Waals surface area contributed by atoms with E-state index in [1.807, 2.05) is 24.3 Å². The van der Waals surface area contributed by atoms with Gasteiger partial charge in [0.1, 0.15) is 23.4 Å². The Morgan fingerprint density at radius 1 is 1.21 bits per heavy atom. The van der Waals surface area contributed by atoms with Crippen LogP contribution in [0, 0.1) is 5.82 Å². The monoisotopic (exact) mass is 382 g/mol. The average molecular weight is 382 g/mol. The lowest BCUT2D eigenvalue weighted by molar-refractivity contribution is -0.0796. The molecule has 0 N–H and O–H groups in total. The third-order valence-corrected chi connectivity index (χ3v) is 4.31. The summed E-state index contributed by atoms with van der Waals surface area (Å²) in [5.41, 5.74) is 1.65. The second kappa shape index (κ2) is 7.82. The summed E-state index contributed by atoms with van der Waals surface area (Å²) in [6.45, 7) is 3.07. The Balaban J connectivity index is 1.77. The molecule has 1 saturated heterocycles. The highest BCUT2D eigenvalue weighted by Gasteiger charge is 2.22. The number of nitrogens with zero attached hydrogens (tertiary/aromatic N) is 2. The summed E-state index contributed by atoms with van der Waals surface area (Å²) < 4.78 is 31.9. The van der Waals surface area contributed by atoms with Gasteiger partial charge in [-0.15, -0.1) is 0 Å². The van der Waals surface area contributed by atoms with Gasteiger partial charge in [0.25, 0.3) is 0 Å². The number of aromatic nitrogens is 2. The molecule has 2 aromatic carbocycles. The van der Waals surface area contributed by atoms with Crippen molar-refractivity contribution in [3.63, 3.8) is 0 Å². The second-order valence-corrected chi connectivity index (χ2v) is 6.30. The van der Waals surface area contributed by atoms with E-state index in [-0.39, 0.29) is 24.1 Å². The first kappa shape index (κ1) is 18.2. The molecule has 1 aliphatic heterocycles. The summed E-state index contributed by atoms with van der Waals surface area (Å²) in [6.07, 6.45) is 0.0295. The molecule has 1 aliphatic rings. The summed E-state index contributed by atoms with van der Waals surface area (Å²) in [5.74, 6) is -0.330. The van der Waals surface area contributed by atoms with Crippen LogP contribution >= 0.6 is 0 Å². The van der Waals surface area contributed by atoms with Gasteiger partial charge < -0.3 is 14.2 Å². The third kappa shape index (κ3) is 3.61. The number of ether oxygens (including phenoxy) is 3. The molecule has 2 heterocycles. The largest absolute Gasteiger partial charge is 0.486 e. The molecule has 28 heavy (non-hydrogen) atoms. The summed E-state index contributed by atoms with van der Waals surface area (Å²) in [4.78, 5) is 12.2. The van der Waals surface area contributed by atoms with Gasteiger partial charge in [-0.3, -0.25) is 0 Å². The summed E-state index contributed by atoms with van der Waals surface area (Å²) >= 11 is 0. The number of carbonyl (C=O) groups excluding carboxylic acids is 1. The average Bonchev–Trinajstić information content (AvgIpc) is 3.11. The lowest BCUT2D eigenvalue weighted by Crippen LogP contribution is -2.38. The fourth-order valence-corrected chi connectivity index (χ4v) is 2.90. The van der Waals surface area contributed by atoms with Gasteiger partial charge in [-0.05, 0) is 37.3 Å². The molecule has 1 aromatic heterocycles. The molecule has 0 unspecified atom stereocenters. The fourth-order valence-electron chi connectivity index (χ4n) is 2.90. The van der Waals surface area contributed by atoms with Gasteiger partial charge >= 0.3 is 5.97 Å². The lowest BCUT2D eigenvalue weighted by Gasteiger charge is -2.26. The van der Waals surface area contributed by atoms with Gasteiger partial charge in [0.15, 0.2) is 5.69 Å². The Morgan fingerprint density at radius 2 is 2.04 bits per heavy atom. The normalized spacial score (nSPS) is 13.8. The minimum absolute atomic E-state index is 0.0295. The highest BCUT2D eigenvalue weighted by Crippen LogP contribution is 2.29. The van der Waals surface area contributed by atoms with Crippen molar-refractivity contribution in [1.29, 1.82) is 0 Å². The molecular formula is C21H19FN2O4. The molecule has 1 fully saturated rings. The van der Waals surface area contributed by atoms with Crippen molar-refractivity contribution in [2.24, 2.45) is 0 Å². The van der Waals surface area contributed by atoms with Crippen molar-refractivity contribution in [3.05, 3.63) is 66.1 Å². The lowest BCUT2D eigenvalue weighted by atomic mass is 10.1. The number of halogens is 1. The van der Waals surface area contributed by atoms with Gasteiger partial charge in [-0.25, -0.2) is 13.9 Å². The molecule has 0 bridgehead atoms. The molecule has 0 aliphatic carbocycles. The SMILES string of the molecule is CCOC(=O)c1cc(-c2cccc(OC3COC3)c2)n(-c2ccccc2F)n1. The van der Waals surface area contributed by atoms with Crippen LogP contribution in [0.2, 0.25) is 0 Å². The van der Waals surface area contributed by atoms with E-state index >= 15 is 0 Å². The standard InChI is InChI=1S/C21H19FN2O4/c1-2-27-21(25)18-11-20(24(23-18)19-9-4-3-8-17(19)22)14-6-5-7-15(10-14)28-16-12-26-13-16/h3-11,16H,2,12-13H2,1H3. The minimum Gasteiger partial charge on any atom is -0.486 e. The van der Waals surface area contributed by atoms with E-state index in [2.05, 4.69) is 5.10 Å². The molecule has 0 amide bonds. The van der Waals surface area contributed by atoms with E-state index in [0.29, 0.717) is 24.7 Å². The quantitative estimate of drug-likeness (QED) is 0.609. The van der Waals surface area contributed by atoms with E-state index in [4.69, 9.17) is 14.2 Å². The second-order valence-electron chi connectivity index (χ2n) is 6.30. The fraction of sp³-hybridized carbons (Fsp3) is 0.238. The topological polar surface area (TPSA) is 62.6 Å². The van der Waals surface area contributed by atoms with Crippen molar-refractivity contribution in [2.45, 2.75) is 13.0 Å². The molecule has 0 spiro atoms. The molecule has 4 rings (SSSR count). The Morgan fingerprint density at radius 3 is 2.75 bits per heavy atom. The van der Waals surface area contributed by atoms with Gasteiger partial charge in [0, 0.05) is 5.56 Å². The zero-order valence-electron chi connectivity index (χ0n) is 15.3. The minimum atomic E-state index is -0.558. The number of para-hydroxylation sites is 1. The van der Waals surface area contributed by atoms with E-state index in [0.717, 1.165) is 5.56 Å². The Hall–Kier alpha value is -3.19. The van der Waals surface area contributed by atoms with E-state index in [1.165, 1.54) is 10.7 Å². The third-order valence-electron chi connectivity index (χ3n) is 4.31. The van der Waals surface area contributed by atoms with Crippen molar-refractivity contribution in [2.75, 3.05) is 19.8 Å². The summed E-state index contributed by atoms with van der Waals surface area (Å²) in [6, 6.07) is 15.2. The summed E-state index contributed by atoms with van der Waals surface area (Å²) in [7, 11) is 0. The number of carbonyl (C=O) groups is 1. The summed E-state index contributed by atoms with van der Waals surface area (Å²) in [5, 5.41) is 4.30. The van der Waals surface area contributed by atoms with Gasteiger partial charge in [0.2, 0.25) is 0 Å². The highest BCUT2D eigenvalue weighted by atomic mass is 19.1. The number of esters is 1. The van der Waals surface area contributed by atoms with E-state index in [1.54, 1.807) is 31.2 Å². The predicted molar refractivity (Wildman–Crippen MR) is 100 cm³/mol. The molecular weight excluding hydrogens is 363 g/mol. The number of benzene rings is 2. The van der Waals surface area contributed by atoms with Crippen LogP contribution in [0.4, 0.5) is 4.39 Å². The van der Waals surface area contributed by atoms with Gasteiger partial charge in [-0.1, -0.05) is 24.3 Å². The van der Waals surface area contributed by atoms with Gasteiger partial charge in [-0.2, -0.15) is 5.10 Å². The maximum atomic E-state index is 14.4. The highest BCUT2D eigenvalue weighted by molar-refractivity contribution is 5.89. The van der Waals surface area contributed by atoms with Crippen molar-refractivity contribution in [1.82, 2.24) is 9.78 Å². The first-order valence-electron chi connectivity index (χ1n) is 9.02. The zero-order chi connectivity index (χ0) is 19.5. The molecule has 6 nitrogen and oxygen atoms in total. The molecule has 7 heteroatoms. The van der Waals surface area contributed by atoms with Crippen LogP contribution in [0.25, 0.3) is 16.9 Å². The smallest absolute Gasteiger partial charge is 0.358 e. The Kier molecular flexibility index (Phi) is 5.08. The van der Waals surface area contributed by atoms with Crippen LogP contribution in [0.3, 0.4) is 0 Å². The van der Waals surface area contributed by atoms with Crippen molar-refractivity contribution < 1.29 is 23.4 Å². The molecule has 3 aromatic rings. The first-order valence-corrected chi connectivity index (χ1v) is 9.02. The van der Waals surface area contributed by atoms with Crippen molar-refractivity contribution in [3.8, 4) is 22.7 Å². The van der Waals surface area contributed by atoms with E-state index in [9.17, 15) is 9.18 Å². The van der Waals surface area contributed by atoms with E-state index < -0.39 is 11.8 Å². The van der Waals surface area contributed by atoms with Crippen LogP contribution in [0.5, 0.6) is 5.75 Å². The van der Waals surface area contributed by atoms with Crippen LogP contribution < -0.4 is 4.74 Å². The number of hydrogen-bond donors (Lipinski definition) is 0. The number of hydrogen-bond acceptors (Lipinski definition) is 5. The Labute approximate surface area is 161 Å². The molecule has 144 valence electrons. The Bertz CT molecular complexity index is 998. The number of rotatable bonds is 6.